The summed E-state index contributed by atoms with van der Waals surface area (Å²) in [5.41, 5.74) is 1.36. The number of nitrogens with one attached hydrogen (secondary N) is 2. The van der Waals surface area contributed by atoms with Crippen molar-refractivity contribution < 1.29 is 9.59 Å². The molecule has 0 atom stereocenters. The lowest BCUT2D eigenvalue weighted by Crippen LogP contribution is -2.32. The fourth-order valence-electron chi connectivity index (χ4n) is 1.73. The number of carbonyl (C=O) groups is 2. The highest BCUT2D eigenvalue weighted by atomic mass is 16.2. The Labute approximate surface area is 114 Å². The van der Waals surface area contributed by atoms with Crippen molar-refractivity contribution in [2.45, 2.75) is 20.8 Å². The Kier molecular flexibility index (Phi) is 6.02. The summed E-state index contributed by atoms with van der Waals surface area (Å²) in [4.78, 5) is 24.8. The minimum absolute atomic E-state index is 0.0522. The quantitative estimate of drug-likeness (QED) is 0.824. The van der Waals surface area contributed by atoms with E-state index in [1.165, 1.54) is 6.92 Å². The molecule has 2 amide bonds. The number of anilines is 2. The Hall–Kier alpha value is -1.88. The molecule has 19 heavy (non-hydrogen) atoms. The van der Waals surface area contributed by atoms with Gasteiger partial charge in [0.2, 0.25) is 11.8 Å². The van der Waals surface area contributed by atoms with Gasteiger partial charge in [0.15, 0.2) is 0 Å². The van der Waals surface area contributed by atoms with Gasteiger partial charge in [0, 0.05) is 18.3 Å². The van der Waals surface area contributed by atoms with Crippen molar-refractivity contribution in [3.05, 3.63) is 24.3 Å². The van der Waals surface area contributed by atoms with Gasteiger partial charge < -0.3 is 10.6 Å². The molecule has 0 aliphatic rings. The van der Waals surface area contributed by atoms with Crippen molar-refractivity contribution in [2.75, 3.05) is 30.3 Å². The summed E-state index contributed by atoms with van der Waals surface area (Å²) in [5, 5.41) is 5.50. The molecule has 0 radical (unpaired) electrons. The number of rotatable bonds is 6. The molecule has 1 rings (SSSR count). The Morgan fingerprint density at radius 1 is 1.11 bits per heavy atom. The predicted molar refractivity (Wildman–Crippen MR) is 77.2 cm³/mol. The first kappa shape index (κ1) is 15.2. The molecule has 1 aromatic carbocycles. The first-order valence-corrected chi connectivity index (χ1v) is 6.45. The lowest BCUT2D eigenvalue weighted by atomic mass is 10.2. The first-order chi connectivity index (χ1) is 9.05. The summed E-state index contributed by atoms with van der Waals surface area (Å²) in [6, 6.07) is 7.10. The zero-order valence-corrected chi connectivity index (χ0v) is 11.7. The van der Waals surface area contributed by atoms with E-state index in [0.29, 0.717) is 17.9 Å². The number of hydrogen-bond donors (Lipinski definition) is 2. The molecule has 0 aromatic heterocycles. The molecule has 0 saturated heterocycles. The van der Waals surface area contributed by atoms with E-state index in [4.69, 9.17) is 0 Å². The maximum Gasteiger partial charge on any atom is 0.238 e. The van der Waals surface area contributed by atoms with E-state index in [1.54, 1.807) is 24.3 Å². The molecule has 0 spiro atoms. The van der Waals surface area contributed by atoms with Crippen LogP contribution in [0.25, 0.3) is 0 Å². The van der Waals surface area contributed by atoms with Crippen LogP contribution in [0.1, 0.15) is 20.8 Å². The number of benzene rings is 1. The molecule has 0 heterocycles. The molecule has 5 nitrogen and oxygen atoms in total. The van der Waals surface area contributed by atoms with Crippen molar-refractivity contribution in [1.29, 1.82) is 0 Å². The highest BCUT2D eigenvalue weighted by molar-refractivity contribution is 5.94. The zero-order chi connectivity index (χ0) is 14.3. The minimum Gasteiger partial charge on any atom is -0.326 e. The fraction of sp³-hybridized carbons (Fsp3) is 0.429. The standard InChI is InChI=1S/C14H21N3O2/c1-4-17(5-2)10-14(19)16-13-8-6-7-12(9-13)15-11(3)18/h6-9H,4-5,10H2,1-3H3,(H,15,18)(H,16,19). The maximum atomic E-state index is 11.8. The Morgan fingerprint density at radius 3 is 2.21 bits per heavy atom. The Morgan fingerprint density at radius 2 is 1.68 bits per heavy atom. The Bertz CT molecular complexity index is 442. The van der Waals surface area contributed by atoms with Gasteiger partial charge in [0.1, 0.15) is 0 Å². The summed E-state index contributed by atoms with van der Waals surface area (Å²) >= 11 is 0. The lowest BCUT2D eigenvalue weighted by Gasteiger charge is -2.17. The van der Waals surface area contributed by atoms with Crippen LogP contribution in [0.4, 0.5) is 11.4 Å². The van der Waals surface area contributed by atoms with Crippen LogP contribution in [0.3, 0.4) is 0 Å². The summed E-state index contributed by atoms with van der Waals surface area (Å²) in [5.74, 6) is -0.185. The van der Waals surface area contributed by atoms with Crippen LogP contribution in [0.15, 0.2) is 24.3 Å². The topological polar surface area (TPSA) is 61.4 Å². The summed E-state index contributed by atoms with van der Waals surface area (Å²) < 4.78 is 0. The third-order valence-corrected chi connectivity index (χ3v) is 2.73. The van der Waals surface area contributed by atoms with Crippen LogP contribution >= 0.6 is 0 Å². The molecule has 5 heteroatoms. The average molecular weight is 263 g/mol. The molecule has 0 bridgehead atoms. The van der Waals surface area contributed by atoms with Gasteiger partial charge in [-0.1, -0.05) is 19.9 Å². The van der Waals surface area contributed by atoms with Crippen LogP contribution in [0.2, 0.25) is 0 Å². The van der Waals surface area contributed by atoms with E-state index in [0.717, 1.165) is 13.1 Å². The van der Waals surface area contributed by atoms with E-state index >= 15 is 0 Å². The van der Waals surface area contributed by atoms with Gasteiger partial charge in [0.05, 0.1) is 6.54 Å². The number of carbonyl (C=O) groups excluding carboxylic acids is 2. The highest BCUT2D eigenvalue weighted by Crippen LogP contribution is 2.14. The third kappa shape index (κ3) is 5.52. The average Bonchev–Trinajstić information content (AvgIpc) is 2.35. The monoisotopic (exact) mass is 263 g/mol. The normalized spacial score (nSPS) is 10.3. The number of likely N-dealkylation sites (N-methyl/N-ethyl adjacent to an activating group) is 1. The smallest absolute Gasteiger partial charge is 0.238 e. The highest BCUT2D eigenvalue weighted by Gasteiger charge is 2.07. The summed E-state index contributed by atoms with van der Waals surface area (Å²) in [6.07, 6.45) is 0. The van der Waals surface area contributed by atoms with Gasteiger partial charge in [-0.15, -0.1) is 0 Å². The molecule has 0 unspecified atom stereocenters. The van der Waals surface area contributed by atoms with Crippen molar-refractivity contribution in [2.24, 2.45) is 0 Å². The molecule has 1 aromatic rings. The van der Waals surface area contributed by atoms with Crippen LogP contribution in [-0.2, 0) is 9.59 Å². The number of hydrogen-bond acceptors (Lipinski definition) is 3. The first-order valence-electron chi connectivity index (χ1n) is 6.45. The van der Waals surface area contributed by atoms with Crippen molar-refractivity contribution in [1.82, 2.24) is 4.90 Å². The van der Waals surface area contributed by atoms with E-state index in [-0.39, 0.29) is 11.8 Å². The van der Waals surface area contributed by atoms with E-state index in [1.807, 2.05) is 18.7 Å². The van der Waals surface area contributed by atoms with Gasteiger partial charge in [-0.05, 0) is 31.3 Å². The molecule has 0 saturated carbocycles. The molecular weight excluding hydrogens is 242 g/mol. The molecule has 0 aliphatic heterocycles. The van der Waals surface area contributed by atoms with E-state index < -0.39 is 0 Å². The second-order valence-electron chi connectivity index (χ2n) is 4.27. The number of amides is 2. The SMILES string of the molecule is CCN(CC)CC(=O)Nc1cccc(NC(C)=O)c1. The van der Waals surface area contributed by atoms with E-state index in [9.17, 15) is 9.59 Å². The Balaban J connectivity index is 2.61. The van der Waals surface area contributed by atoms with Gasteiger partial charge in [-0.2, -0.15) is 0 Å². The lowest BCUT2D eigenvalue weighted by molar-refractivity contribution is -0.117. The van der Waals surface area contributed by atoms with Crippen molar-refractivity contribution in [3.8, 4) is 0 Å². The van der Waals surface area contributed by atoms with Crippen LogP contribution in [0, 0.1) is 0 Å². The third-order valence-electron chi connectivity index (χ3n) is 2.73. The van der Waals surface area contributed by atoms with Gasteiger partial charge in [-0.3, -0.25) is 14.5 Å². The fourth-order valence-corrected chi connectivity index (χ4v) is 1.73. The van der Waals surface area contributed by atoms with E-state index in [2.05, 4.69) is 10.6 Å². The zero-order valence-electron chi connectivity index (χ0n) is 11.7. The molecular formula is C14H21N3O2. The largest absolute Gasteiger partial charge is 0.326 e. The van der Waals surface area contributed by atoms with Gasteiger partial charge in [0.25, 0.3) is 0 Å². The molecule has 0 aliphatic carbocycles. The minimum atomic E-state index is -0.133. The summed E-state index contributed by atoms with van der Waals surface area (Å²) in [6.45, 7) is 7.55. The number of nitrogens with zero attached hydrogens (tertiary/aromatic N) is 1. The molecule has 0 fully saturated rings. The van der Waals surface area contributed by atoms with Gasteiger partial charge in [-0.25, -0.2) is 0 Å². The van der Waals surface area contributed by atoms with Crippen molar-refractivity contribution >= 4 is 23.2 Å². The van der Waals surface area contributed by atoms with Crippen LogP contribution in [0.5, 0.6) is 0 Å². The van der Waals surface area contributed by atoms with Crippen LogP contribution < -0.4 is 10.6 Å². The summed E-state index contributed by atoms with van der Waals surface area (Å²) in [7, 11) is 0. The maximum absolute atomic E-state index is 11.8. The molecule has 2 N–H and O–H groups in total. The van der Waals surface area contributed by atoms with Crippen LogP contribution in [-0.4, -0.2) is 36.3 Å². The second kappa shape index (κ2) is 7.53. The molecule has 104 valence electrons. The second-order valence-corrected chi connectivity index (χ2v) is 4.27. The van der Waals surface area contributed by atoms with Gasteiger partial charge >= 0.3 is 0 Å². The van der Waals surface area contributed by atoms with Crippen molar-refractivity contribution in [3.63, 3.8) is 0 Å². The predicted octanol–water partition coefficient (Wildman–Crippen LogP) is 1.93.